The summed E-state index contributed by atoms with van der Waals surface area (Å²) in [5.74, 6) is 0. The number of hydrogen-bond donors (Lipinski definition) is 1. The summed E-state index contributed by atoms with van der Waals surface area (Å²) in [7, 11) is -3.65. The molecule has 1 aliphatic rings. The lowest BCUT2D eigenvalue weighted by atomic mass is 10.2. The molecule has 0 bridgehead atoms. The Hall–Kier alpha value is -2.44. The molecule has 1 heterocycles. The smallest absolute Gasteiger partial charge is 0.257 e. The quantitative estimate of drug-likeness (QED) is 0.946. The van der Waals surface area contributed by atoms with Crippen molar-refractivity contribution in [3.63, 3.8) is 0 Å². The van der Waals surface area contributed by atoms with Gasteiger partial charge in [0.2, 0.25) is 0 Å². The van der Waals surface area contributed by atoms with Crippen molar-refractivity contribution in [2.45, 2.75) is 4.90 Å². The Labute approximate surface area is 123 Å². The van der Waals surface area contributed by atoms with E-state index in [1.54, 1.807) is 42.7 Å². The summed E-state index contributed by atoms with van der Waals surface area (Å²) in [6, 6.07) is 15.6. The molecule has 0 aliphatic carbocycles. The zero-order chi connectivity index (χ0) is 14.7. The van der Waals surface area contributed by atoms with Crippen molar-refractivity contribution in [3.8, 4) is 0 Å². The van der Waals surface area contributed by atoms with Gasteiger partial charge in [0, 0.05) is 24.2 Å². The van der Waals surface area contributed by atoms with Crippen LogP contribution in [0.1, 0.15) is 5.56 Å². The highest BCUT2D eigenvalue weighted by Gasteiger charge is 2.19. The Balaban J connectivity index is 1.96. The van der Waals surface area contributed by atoms with E-state index < -0.39 is 10.0 Å². The average molecular weight is 299 g/mol. The molecule has 0 saturated heterocycles. The van der Waals surface area contributed by atoms with E-state index in [2.05, 4.69) is 9.82 Å². The molecule has 0 saturated carbocycles. The minimum Gasteiger partial charge on any atom is -0.268 e. The van der Waals surface area contributed by atoms with Gasteiger partial charge in [-0.15, -0.1) is 4.83 Å². The first-order chi connectivity index (χ1) is 10.2. The number of anilines is 1. The molecular formula is C15H13N3O2S. The minimum absolute atomic E-state index is 0.209. The van der Waals surface area contributed by atoms with E-state index in [4.69, 9.17) is 0 Å². The Morgan fingerprint density at radius 1 is 0.952 bits per heavy atom. The Morgan fingerprint density at radius 3 is 2.48 bits per heavy atom. The van der Waals surface area contributed by atoms with E-state index in [0.29, 0.717) is 0 Å². The Morgan fingerprint density at radius 2 is 1.67 bits per heavy atom. The van der Waals surface area contributed by atoms with Gasteiger partial charge in [-0.25, -0.2) is 8.42 Å². The molecule has 21 heavy (non-hydrogen) atoms. The van der Waals surface area contributed by atoms with Crippen molar-refractivity contribution in [1.82, 2.24) is 4.83 Å². The monoisotopic (exact) mass is 299 g/mol. The molecule has 0 amide bonds. The van der Waals surface area contributed by atoms with Crippen LogP contribution in [0.2, 0.25) is 0 Å². The third-order valence-electron chi connectivity index (χ3n) is 2.98. The first-order valence-electron chi connectivity index (χ1n) is 6.32. The highest BCUT2D eigenvalue weighted by molar-refractivity contribution is 7.89. The second-order valence-corrected chi connectivity index (χ2v) is 6.07. The molecule has 6 heteroatoms. The molecule has 0 spiro atoms. The molecule has 0 atom stereocenters. The van der Waals surface area contributed by atoms with Crippen LogP contribution >= 0.6 is 0 Å². The van der Waals surface area contributed by atoms with Gasteiger partial charge in [-0.3, -0.25) is 10.0 Å². The van der Waals surface area contributed by atoms with Crippen molar-refractivity contribution in [2.75, 3.05) is 5.01 Å². The maximum atomic E-state index is 12.4. The van der Waals surface area contributed by atoms with E-state index >= 15 is 0 Å². The van der Waals surface area contributed by atoms with E-state index in [-0.39, 0.29) is 4.90 Å². The van der Waals surface area contributed by atoms with Crippen molar-refractivity contribution in [2.24, 2.45) is 4.99 Å². The molecule has 1 N–H and O–H groups in total. The second-order valence-electron chi connectivity index (χ2n) is 4.41. The molecule has 2 aromatic carbocycles. The van der Waals surface area contributed by atoms with Crippen molar-refractivity contribution < 1.29 is 8.42 Å². The first-order valence-corrected chi connectivity index (χ1v) is 7.81. The lowest BCUT2D eigenvalue weighted by Crippen LogP contribution is -2.38. The fourth-order valence-corrected chi connectivity index (χ4v) is 3.03. The van der Waals surface area contributed by atoms with E-state index in [9.17, 15) is 8.42 Å². The zero-order valence-corrected chi connectivity index (χ0v) is 11.9. The van der Waals surface area contributed by atoms with Gasteiger partial charge in [0.25, 0.3) is 10.0 Å². The van der Waals surface area contributed by atoms with Crippen LogP contribution in [0.5, 0.6) is 0 Å². The van der Waals surface area contributed by atoms with Crippen molar-refractivity contribution >= 4 is 21.9 Å². The molecule has 0 fully saturated rings. The summed E-state index contributed by atoms with van der Waals surface area (Å²) in [4.78, 5) is 6.84. The molecule has 2 aromatic rings. The molecule has 3 rings (SSSR count). The molecule has 0 radical (unpaired) electrons. The zero-order valence-electron chi connectivity index (χ0n) is 11.0. The molecular weight excluding hydrogens is 286 g/mol. The van der Waals surface area contributed by atoms with Crippen LogP contribution in [-0.4, -0.2) is 14.6 Å². The summed E-state index contributed by atoms with van der Waals surface area (Å²) in [6.07, 6.45) is 4.79. The lowest BCUT2D eigenvalue weighted by Gasteiger charge is -2.21. The van der Waals surface area contributed by atoms with Crippen LogP contribution < -0.4 is 9.84 Å². The standard InChI is InChI=1S/C15H13N3O2S/c19-21(20,14-7-2-1-3-8-14)17-18-11-10-16-12-13-6-4-5-9-15(13)18/h1-12,17H. The fraction of sp³-hybridized carbons (Fsp3) is 0. The van der Waals surface area contributed by atoms with Gasteiger partial charge in [0.15, 0.2) is 0 Å². The molecule has 0 aromatic heterocycles. The SMILES string of the molecule is O=S(=O)(NN1C=CN=Cc2ccccc21)c1ccccc1. The number of para-hydroxylation sites is 1. The van der Waals surface area contributed by atoms with E-state index in [1.807, 2.05) is 24.3 Å². The van der Waals surface area contributed by atoms with Crippen LogP contribution in [0, 0.1) is 0 Å². The number of benzene rings is 2. The lowest BCUT2D eigenvalue weighted by molar-refractivity contribution is 0.582. The molecule has 0 unspecified atom stereocenters. The van der Waals surface area contributed by atoms with Gasteiger partial charge >= 0.3 is 0 Å². The summed E-state index contributed by atoms with van der Waals surface area (Å²) in [6.45, 7) is 0. The summed E-state index contributed by atoms with van der Waals surface area (Å²) in [5.41, 5.74) is 1.55. The Bertz CT molecular complexity index is 799. The summed E-state index contributed by atoms with van der Waals surface area (Å²) in [5, 5.41) is 1.45. The third-order valence-corrected chi connectivity index (χ3v) is 4.31. The first kappa shape index (κ1) is 13.5. The van der Waals surface area contributed by atoms with Gasteiger partial charge in [0.05, 0.1) is 10.6 Å². The van der Waals surface area contributed by atoms with Crippen LogP contribution in [-0.2, 0) is 10.0 Å². The third kappa shape index (κ3) is 2.86. The number of rotatable bonds is 3. The summed E-state index contributed by atoms with van der Waals surface area (Å²) >= 11 is 0. The number of aliphatic imine (C=N–C) groups is 1. The summed E-state index contributed by atoms with van der Waals surface area (Å²) < 4.78 is 24.8. The minimum atomic E-state index is -3.65. The van der Waals surface area contributed by atoms with E-state index in [0.717, 1.165) is 11.3 Å². The number of nitrogens with zero attached hydrogens (tertiary/aromatic N) is 2. The van der Waals surface area contributed by atoms with Crippen LogP contribution in [0.15, 0.2) is 76.9 Å². The number of sulfonamides is 1. The normalized spacial score (nSPS) is 13.8. The maximum absolute atomic E-state index is 12.4. The highest BCUT2D eigenvalue weighted by Crippen LogP contribution is 2.21. The highest BCUT2D eigenvalue weighted by atomic mass is 32.2. The fourth-order valence-electron chi connectivity index (χ4n) is 1.99. The maximum Gasteiger partial charge on any atom is 0.257 e. The van der Waals surface area contributed by atoms with Crippen LogP contribution in [0.25, 0.3) is 0 Å². The average Bonchev–Trinajstić information content (AvgIpc) is 2.71. The van der Waals surface area contributed by atoms with Gasteiger partial charge in [0.1, 0.15) is 0 Å². The number of nitrogens with one attached hydrogen (secondary N) is 1. The number of fused-ring (bicyclic) bond motifs is 1. The molecule has 5 nitrogen and oxygen atoms in total. The second kappa shape index (κ2) is 5.51. The number of hydrazine groups is 1. The van der Waals surface area contributed by atoms with Crippen molar-refractivity contribution in [1.29, 1.82) is 0 Å². The van der Waals surface area contributed by atoms with Crippen molar-refractivity contribution in [3.05, 3.63) is 72.6 Å². The molecule has 1 aliphatic heterocycles. The molecule has 106 valence electrons. The van der Waals surface area contributed by atoms with Gasteiger partial charge in [-0.2, -0.15) is 0 Å². The van der Waals surface area contributed by atoms with Gasteiger partial charge in [-0.05, 0) is 18.2 Å². The predicted molar refractivity (Wildman–Crippen MR) is 82.4 cm³/mol. The topological polar surface area (TPSA) is 61.8 Å². The van der Waals surface area contributed by atoms with Gasteiger partial charge < -0.3 is 0 Å². The Kier molecular flexibility index (Phi) is 3.55. The predicted octanol–water partition coefficient (Wildman–Crippen LogP) is 2.29. The number of hydrogen-bond acceptors (Lipinski definition) is 4. The van der Waals surface area contributed by atoms with Crippen LogP contribution in [0.4, 0.5) is 5.69 Å². The van der Waals surface area contributed by atoms with E-state index in [1.165, 1.54) is 11.2 Å². The van der Waals surface area contributed by atoms with Gasteiger partial charge in [-0.1, -0.05) is 36.4 Å². The van der Waals surface area contributed by atoms with Crippen LogP contribution in [0.3, 0.4) is 0 Å². The largest absolute Gasteiger partial charge is 0.268 e.